The van der Waals surface area contributed by atoms with Crippen LogP contribution in [0.1, 0.15) is 35.2 Å². The van der Waals surface area contributed by atoms with Crippen LogP contribution < -0.4 is 0 Å². The van der Waals surface area contributed by atoms with Crippen molar-refractivity contribution in [2.45, 2.75) is 25.3 Å². The van der Waals surface area contributed by atoms with Crippen molar-refractivity contribution in [3.63, 3.8) is 0 Å². The van der Waals surface area contributed by atoms with Gasteiger partial charge < -0.3 is 14.7 Å². The summed E-state index contributed by atoms with van der Waals surface area (Å²) in [6.07, 6.45) is 5.30. The molecule has 1 N–H and O–H groups in total. The van der Waals surface area contributed by atoms with Gasteiger partial charge in [-0.25, -0.2) is 0 Å². The number of aliphatic hydroxyl groups is 1. The van der Waals surface area contributed by atoms with Crippen LogP contribution in [0.2, 0.25) is 0 Å². The predicted octanol–water partition coefficient (Wildman–Crippen LogP) is 1.07. The third kappa shape index (κ3) is 4.03. The van der Waals surface area contributed by atoms with Crippen LogP contribution in [0.25, 0.3) is 0 Å². The van der Waals surface area contributed by atoms with Crippen LogP contribution in [-0.4, -0.2) is 53.8 Å². The largest absolute Gasteiger partial charge is 0.395 e. The first-order valence-corrected chi connectivity index (χ1v) is 7.12. The number of hydrogen-bond donors (Lipinski definition) is 1. The topological polar surface area (TPSA) is 62.7 Å². The van der Waals surface area contributed by atoms with E-state index in [9.17, 15) is 4.79 Å². The zero-order valence-corrected chi connectivity index (χ0v) is 12.2. The normalized spacial score (nSPS) is 15.1. The Hall–Kier alpha value is -1.90. The molecule has 0 unspecified atom stereocenters. The lowest BCUT2D eigenvalue weighted by Crippen LogP contribution is -2.40. The molecule has 1 aliphatic heterocycles. The van der Waals surface area contributed by atoms with Crippen LogP contribution in [0.5, 0.6) is 0 Å². The Morgan fingerprint density at radius 2 is 2.29 bits per heavy atom. The van der Waals surface area contributed by atoms with E-state index < -0.39 is 0 Å². The van der Waals surface area contributed by atoms with Gasteiger partial charge in [0, 0.05) is 45.1 Å². The molecule has 0 aliphatic carbocycles. The minimum Gasteiger partial charge on any atom is -0.395 e. The number of rotatable bonds is 3. The molecule has 112 valence electrons. The fourth-order valence-corrected chi connectivity index (χ4v) is 2.32. The fourth-order valence-electron chi connectivity index (χ4n) is 2.32. The van der Waals surface area contributed by atoms with Gasteiger partial charge in [-0.3, -0.25) is 9.78 Å². The zero-order valence-electron chi connectivity index (χ0n) is 12.2. The third-order valence-electron chi connectivity index (χ3n) is 3.57. The molecule has 1 aromatic rings. The molecule has 1 aromatic heterocycles. The van der Waals surface area contributed by atoms with Gasteiger partial charge in [0.2, 0.25) is 0 Å². The van der Waals surface area contributed by atoms with Crippen molar-refractivity contribution in [1.82, 2.24) is 9.88 Å². The molecule has 0 aromatic carbocycles. The Balaban J connectivity index is 2.16. The van der Waals surface area contributed by atoms with E-state index >= 15 is 0 Å². The number of carbonyl (C=O) groups excluding carboxylic acids is 1. The molecule has 0 atom stereocenters. The number of carbonyl (C=O) groups is 1. The van der Waals surface area contributed by atoms with E-state index in [1.54, 1.807) is 23.4 Å². The summed E-state index contributed by atoms with van der Waals surface area (Å²) in [7, 11) is 1.82. The van der Waals surface area contributed by atoms with Gasteiger partial charge in [-0.1, -0.05) is 11.8 Å². The zero-order chi connectivity index (χ0) is 15.1. The van der Waals surface area contributed by atoms with E-state index in [2.05, 4.69) is 16.8 Å². The highest BCUT2D eigenvalue weighted by atomic mass is 16.5. The van der Waals surface area contributed by atoms with Crippen molar-refractivity contribution in [3.05, 3.63) is 29.6 Å². The lowest BCUT2D eigenvalue weighted by Gasteiger charge is -2.31. The molecule has 1 amide bonds. The molecule has 1 fully saturated rings. The quantitative estimate of drug-likeness (QED) is 0.845. The van der Waals surface area contributed by atoms with Crippen molar-refractivity contribution in [3.8, 4) is 11.8 Å². The minimum atomic E-state index is -0.0439. The number of pyridine rings is 1. The molecule has 0 spiro atoms. The molecule has 0 radical (unpaired) electrons. The Morgan fingerprint density at radius 3 is 3.00 bits per heavy atom. The first-order valence-electron chi connectivity index (χ1n) is 7.12. The summed E-state index contributed by atoms with van der Waals surface area (Å²) in [5, 5.41) is 8.78. The van der Waals surface area contributed by atoms with E-state index in [4.69, 9.17) is 9.84 Å². The Bertz CT molecular complexity index is 542. The fraction of sp³-hybridized carbons (Fsp3) is 0.500. The van der Waals surface area contributed by atoms with Crippen molar-refractivity contribution >= 4 is 5.91 Å². The van der Waals surface area contributed by atoms with Gasteiger partial charge in [0.1, 0.15) is 0 Å². The van der Waals surface area contributed by atoms with Gasteiger partial charge in [0.05, 0.1) is 17.7 Å². The second-order valence-corrected chi connectivity index (χ2v) is 4.96. The number of hydrogen-bond acceptors (Lipinski definition) is 4. The average Bonchev–Trinajstić information content (AvgIpc) is 2.55. The van der Waals surface area contributed by atoms with Gasteiger partial charge in [-0.15, -0.1) is 0 Å². The van der Waals surface area contributed by atoms with E-state index in [-0.39, 0.29) is 18.6 Å². The predicted molar refractivity (Wildman–Crippen MR) is 78.8 cm³/mol. The monoisotopic (exact) mass is 288 g/mol. The SMILES string of the molecule is CN(C(=O)c1ccncc1C#CCCO)C1CCOCC1. The lowest BCUT2D eigenvalue weighted by molar-refractivity contribution is 0.0362. The van der Waals surface area contributed by atoms with Gasteiger partial charge in [-0.05, 0) is 18.9 Å². The molecule has 0 saturated carbocycles. The molecule has 1 aliphatic rings. The standard InChI is InChI=1S/C16H20N2O3/c1-18(14-6-10-21-11-7-14)16(20)15-5-8-17-12-13(15)4-2-3-9-19/h5,8,12,14,19H,3,6-7,9-11H2,1H3. The summed E-state index contributed by atoms with van der Waals surface area (Å²) in [6.45, 7) is 1.40. The lowest BCUT2D eigenvalue weighted by atomic mass is 10.0. The van der Waals surface area contributed by atoms with Gasteiger partial charge >= 0.3 is 0 Å². The highest BCUT2D eigenvalue weighted by molar-refractivity contribution is 5.96. The maximum absolute atomic E-state index is 12.6. The number of nitrogens with zero attached hydrogens (tertiary/aromatic N) is 2. The molecule has 5 heteroatoms. The Labute approximate surface area is 124 Å². The maximum atomic E-state index is 12.6. The second kappa shape index (κ2) is 7.77. The first-order chi connectivity index (χ1) is 10.2. The van der Waals surface area contributed by atoms with Crippen LogP contribution in [-0.2, 0) is 4.74 Å². The molecule has 1 saturated heterocycles. The molecule has 2 rings (SSSR count). The van der Waals surface area contributed by atoms with E-state index in [1.807, 2.05) is 7.05 Å². The van der Waals surface area contributed by atoms with Crippen molar-refractivity contribution in [2.24, 2.45) is 0 Å². The number of amides is 1. The summed E-state index contributed by atoms with van der Waals surface area (Å²) in [4.78, 5) is 18.4. The summed E-state index contributed by atoms with van der Waals surface area (Å²) < 4.78 is 5.33. The molecular formula is C16H20N2O3. The summed E-state index contributed by atoms with van der Waals surface area (Å²) in [5.41, 5.74) is 1.17. The summed E-state index contributed by atoms with van der Waals surface area (Å²) in [6, 6.07) is 1.90. The van der Waals surface area contributed by atoms with E-state index in [1.165, 1.54) is 0 Å². The van der Waals surface area contributed by atoms with Crippen molar-refractivity contribution in [1.29, 1.82) is 0 Å². The average molecular weight is 288 g/mol. The van der Waals surface area contributed by atoms with Crippen LogP contribution in [0.3, 0.4) is 0 Å². The summed E-state index contributed by atoms with van der Waals surface area (Å²) >= 11 is 0. The molecular weight excluding hydrogens is 268 g/mol. The van der Waals surface area contributed by atoms with E-state index in [0.29, 0.717) is 30.8 Å². The van der Waals surface area contributed by atoms with Gasteiger partial charge in [0.25, 0.3) is 5.91 Å². The number of ether oxygens (including phenoxy) is 1. The van der Waals surface area contributed by atoms with Crippen molar-refractivity contribution in [2.75, 3.05) is 26.9 Å². The minimum absolute atomic E-state index is 0.0124. The van der Waals surface area contributed by atoms with Crippen molar-refractivity contribution < 1.29 is 14.6 Å². The number of aromatic nitrogens is 1. The van der Waals surface area contributed by atoms with E-state index in [0.717, 1.165) is 12.8 Å². The first kappa shape index (κ1) is 15.5. The summed E-state index contributed by atoms with van der Waals surface area (Å²) in [5.74, 6) is 5.70. The second-order valence-electron chi connectivity index (χ2n) is 4.96. The Kier molecular flexibility index (Phi) is 5.73. The van der Waals surface area contributed by atoms with Crippen LogP contribution in [0, 0.1) is 11.8 Å². The maximum Gasteiger partial charge on any atom is 0.255 e. The molecule has 5 nitrogen and oxygen atoms in total. The third-order valence-corrected chi connectivity index (χ3v) is 3.57. The Morgan fingerprint density at radius 1 is 1.52 bits per heavy atom. The molecule has 21 heavy (non-hydrogen) atoms. The molecule has 0 bridgehead atoms. The number of aliphatic hydroxyl groups excluding tert-OH is 1. The molecule has 2 heterocycles. The van der Waals surface area contributed by atoms with Gasteiger partial charge in [0.15, 0.2) is 0 Å². The van der Waals surface area contributed by atoms with Gasteiger partial charge in [-0.2, -0.15) is 0 Å². The highest BCUT2D eigenvalue weighted by Gasteiger charge is 2.24. The highest BCUT2D eigenvalue weighted by Crippen LogP contribution is 2.17. The van der Waals surface area contributed by atoms with Crippen LogP contribution in [0.15, 0.2) is 18.5 Å². The van der Waals surface area contributed by atoms with Crippen LogP contribution in [0.4, 0.5) is 0 Å². The smallest absolute Gasteiger partial charge is 0.255 e. The van der Waals surface area contributed by atoms with Crippen LogP contribution >= 0.6 is 0 Å².